The zero-order chi connectivity index (χ0) is 17.4. The van der Waals surface area contributed by atoms with Gasteiger partial charge >= 0.3 is 0 Å². The van der Waals surface area contributed by atoms with Crippen LogP contribution in [-0.2, 0) is 6.42 Å². The number of methoxy groups -OCH3 is 2. The number of piperidine rings is 1. The van der Waals surface area contributed by atoms with Gasteiger partial charge in [0.2, 0.25) is 11.7 Å². The van der Waals surface area contributed by atoms with Crippen molar-refractivity contribution in [2.75, 3.05) is 14.2 Å². The van der Waals surface area contributed by atoms with Crippen LogP contribution in [0.2, 0.25) is 5.02 Å². The highest BCUT2D eigenvalue weighted by Crippen LogP contribution is 2.39. The summed E-state index contributed by atoms with van der Waals surface area (Å²) in [5.74, 6) is 2.87. The van der Waals surface area contributed by atoms with Crippen LogP contribution in [-0.4, -0.2) is 36.4 Å². The molecule has 2 aliphatic heterocycles. The second-order valence-electron chi connectivity index (χ2n) is 6.88. The number of ether oxygens (including phenoxy) is 2. The average molecular weight is 364 g/mol. The lowest BCUT2D eigenvalue weighted by atomic mass is 9.90. The number of fused-ring (bicyclic) bond motifs is 2. The fourth-order valence-corrected chi connectivity index (χ4v) is 4.38. The van der Waals surface area contributed by atoms with Crippen molar-refractivity contribution < 1.29 is 14.0 Å². The van der Waals surface area contributed by atoms with Crippen LogP contribution in [0.15, 0.2) is 16.7 Å². The van der Waals surface area contributed by atoms with Crippen molar-refractivity contribution in [2.45, 2.75) is 44.2 Å². The third-order valence-corrected chi connectivity index (χ3v) is 5.47. The summed E-state index contributed by atoms with van der Waals surface area (Å²) < 4.78 is 16.1. The van der Waals surface area contributed by atoms with Crippen LogP contribution in [0.3, 0.4) is 0 Å². The minimum absolute atomic E-state index is 0.457. The molecule has 3 heterocycles. The summed E-state index contributed by atoms with van der Waals surface area (Å²) in [6.45, 7) is 0. The molecular weight excluding hydrogens is 342 g/mol. The smallest absolute Gasteiger partial charge is 0.227 e. The first kappa shape index (κ1) is 16.7. The summed E-state index contributed by atoms with van der Waals surface area (Å²) in [4.78, 5) is 4.56. The Hall–Kier alpha value is -1.79. The maximum absolute atomic E-state index is 6.27. The van der Waals surface area contributed by atoms with E-state index >= 15 is 0 Å². The second kappa shape index (κ2) is 6.84. The van der Waals surface area contributed by atoms with Crippen molar-refractivity contribution in [1.82, 2.24) is 15.5 Å². The van der Waals surface area contributed by atoms with E-state index in [9.17, 15) is 0 Å². The minimum atomic E-state index is 0.457. The summed E-state index contributed by atoms with van der Waals surface area (Å²) in [6.07, 6.45) is 5.80. The fourth-order valence-electron chi connectivity index (χ4n) is 4.09. The minimum Gasteiger partial charge on any atom is -0.493 e. The van der Waals surface area contributed by atoms with Gasteiger partial charge in [-0.1, -0.05) is 16.8 Å². The van der Waals surface area contributed by atoms with E-state index < -0.39 is 0 Å². The van der Waals surface area contributed by atoms with Gasteiger partial charge in [0, 0.05) is 24.1 Å². The number of nitrogens with zero attached hydrogens (tertiary/aromatic N) is 2. The van der Waals surface area contributed by atoms with Crippen molar-refractivity contribution in [3.8, 4) is 22.9 Å². The van der Waals surface area contributed by atoms with E-state index in [1.54, 1.807) is 20.3 Å². The molecule has 2 unspecified atom stereocenters. The van der Waals surface area contributed by atoms with Gasteiger partial charge in [0.25, 0.3) is 0 Å². The molecule has 1 aromatic carbocycles. The molecule has 2 bridgehead atoms. The number of aromatic nitrogens is 2. The first-order chi connectivity index (χ1) is 12.2. The van der Waals surface area contributed by atoms with Crippen LogP contribution in [0, 0.1) is 5.92 Å². The molecule has 1 N–H and O–H groups in total. The first-order valence-corrected chi connectivity index (χ1v) is 9.04. The largest absolute Gasteiger partial charge is 0.493 e. The highest BCUT2D eigenvalue weighted by molar-refractivity contribution is 6.32. The van der Waals surface area contributed by atoms with E-state index in [-0.39, 0.29) is 0 Å². The number of rotatable bonds is 5. The Morgan fingerprint density at radius 1 is 1.20 bits per heavy atom. The van der Waals surface area contributed by atoms with E-state index in [1.165, 1.54) is 25.7 Å². The highest BCUT2D eigenvalue weighted by atomic mass is 35.5. The maximum Gasteiger partial charge on any atom is 0.227 e. The Kier molecular flexibility index (Phi) is 4.56. The molecule has 7 heteroatoms. The van der Waals surface area contributed by atoms with E-state index in [0.717, 1.165) is 12.0 Å². The number of hydrogen-bond acceptors (Lipinski definition) is 6. The van der Waals surface area contributed by atoms with E-state index in [2.05, 4.69) is 15.5 Å². The van der Waals surface area contributed by atoms with Gasteiger partial charge in [-0.25, -0.2) is 0 Å². The summed E-state index contributed by atoms with van der Waals surface area (Å²) in [5, 5.41) is 8.24. The molecule has 0 spiro atoms. The molecule has 1 aromatic heterocycles. The molecule has 2 saturated heterocycles. The maximum atomic E-state index is 6.27. The third kappa shape index (κ3) is 3.33. The van der Waals surface area contributed by atoms with E-state index in [4.69, 9.17) is 25.6 Å². The van der Waals surface area contributed by atoms with Gasteiger partial charge in [0.15, 0.2) is 11.5 Å². The lowest BCUT2D eigenvalue weighted by Crippen LogP contribution is -2.38. The molecule has 6 nitrogen and oxygen atoms in total. The molecule has 2 fully saturated rings. The van der Waals surface area contributed by atoms with Crippen LogP contribution in [0.4, 0.5) is 0 Å². The molecule has 0 amide bonds. The number of benzene rings is 1. The molecule has 2 aromatic rings. The molecule has 134 valence electrons. The van der Waals surface area contributed by atoms with Crippen LogP contribution < -0.4 is 14.8 Å². The lowest BCUT2D eigenvalue weighted by molar-refractivity contribution is 0.270. The molecule has 0 aliphatic carbocycles. The lowest BCUT2D eigenvalue weighted by Gasteiger charge is -2.27. The summed E-state index contributed by atoms with van der Waals surface area (Å²) >= 11 is 6.27. The predicted molar refractivity (Wildman–Crippen MR) is 94.2 cm³/mol. The van der Waals surface area contributed by atoms with Crippen molar-refractivity contribution in [3.63, 3.8) is 0 Å². The molecule has 2 atom stereocenters. The monoisotopic (exact) mass is 363 g/mol. The van der Waals surface area contributed by atoms with Gasteiger partial charge in [-0.3, -0.25) is 0 Å². The van der Waals surface area contributed by atoms with Crippen molar-refractivity contribution in [3.05, 3.63) is 23.0 Å². The summed E-state index contributed by atoms with van der Waals surface area (Å²) in [6, 6.07) is 4.90. The highest BCUT2D eigenvalue weighted by Gasteiger charge is 2.34. The van der Waals surface area contributed by atoms with Gasteiger partial charge in [-0.05, 0) is 43.7 Å². The quantitative estimate of drug-likeness (QED) is 0.877. The molecule has 4 rings (SSSR count). The molecule has 2 aliphatic rings. The Balaban J connectivity index is 1.52. The van der Waals surface area contributed by atoms with Crippen LogP contribution >= 0.6 is 11.6 Å². The number of nitrogens with one attached hydrogen (secondary N) is 1. The van der Waals surface area contributed by atoms with Gasteiger partial charge in [-0.2, -0.15) is 4.98 Å². The molecule has 0 radical (unpaired) electrons. The van der Waals surface area contributed by atoms with E-state index in [0.29, 0.717) is 46.2 Å². The molecule has 0 saturated carbocycles. The van der Waals surface area contributed by atoms with Crippen LogP contribution in [0.1, 0.15) is 31.6 Å². The van der Waals surface area contributed by atoms with Crippen molar-refractivity contribution in [2.24, 2.45) is 5.92 Å². The second-order valence-corrected chi connectivity index (χ2v) is 7.29. The third-order valence-electron chi connectivity index (χ3n) is 5.19. The average Bonchev–Trinajstić information content (AvgIpc) is 3.20. The zero-order valence-corrected chi connectivity index (χ0v) is 15.2. The number of halogens is 1. The Bertz CT molecular complexity index is 752. The van der Waals surface area contributed by atoms with Gasteiger partial charge in [0.1, 0.15) is 0 Å². The fraction of sp³-hybridized carbons (Fsp3) is 0.556. The zero-order valence-electron chi connectivity index (χ0n) is 14.4. The Morgan fingerprint density at radius 2 is 1.96 bits per heavy atom. The van der Waals surface area contributed by atoms with E-state index in [1.807, 2.05) is 6.07 Å². The standard InChI is InChI=1S/C18H22ClN3O3/c1-23-15-9-11(8-14(19)17(15)24-2)18-21-16(25-22-18)7-10-5-12-3-4-13(6-10)20-12/h8-10,12-13,20H,3-7H2,1-2H3. The van der Waals surface area contributed by atoms with Crippen molar-refractivity contribution in [1.29, 1.82) is 0 Å². The number of hydrogen-bond donors (Lipinski definition) is 1. The summed E-state index contributed by atoms with van der Waals surface area (Å²) in [7, 11) is 3.13. The van der Waals surface area contributed by atoms with Gasteiger partial charge in [0.05, 0.1) is 19.2 Å². The normalized spacial score (nSPS) is 25.2. The van der Waals surface area contributed by atoms with Crippen LogP contribution in [0.25, 0.3) is 11.4 Å². The molecule has 25 heavy (non-hydrogen) atoms. The first-order valence-electron chi connectivity index (χ1n) is 8.66. The molecular formula is C18H22ClN3O3. The van der Waals surface area contributed by atoms with Crippen LogP contribution in [0.5, 0.6) is 11.5 Å². The summed E-state index contributed by atoms with van der Waals surface area (Å²) in [5.41, 5.74) is 0.753. The topological polar surface area (TPSA) is 69.4 Å². The Labute approximate surface area is 151 Å². The predicted octanol–water partition coefficient (Wildman–Crippen LogP) is 3.48. The SMILES string of the molecule is COc1cc(-c2noc(CC3CC4CCC(C3)N4)n2)cc(Cl)c1OC. The van der Waals surface area contributed by atoms with Gasteiger partial charge < -0.3 is 19.3 Å². The Morgan fingerprint density at radius 3 is 2.64 bits per heavy atom. The van der Waals surface area contributed by atoms with Gasteiger partial charge in [-0.15, -0.1) is 0 Å². The van der Waals surface area contributed by atoms with Crippen molar-refractivity contribution >= 4 is 11.6 Å².